The zero-order valence-corrected chi connectivity index (χ0v) is 12.7. The summed E-state index contributed by atoms with van der Waals surface area (Å²) < 4.78 is 23.4. The summed E-state index contributed by atoms with van der Waals surface area (Å²) in [6, 6.07) is 8.01. The Bertz CT molecular complexity index is 617. The standard InChI is InChI=1S/C15H20N2O3S/c18-15(16-10-14-6-3-7-21(14,19)20)17-13-8-11-4-1-2-5-12(11)9-13/h1-2,4-5,13-14H,3,6-10H2,(H2,16,17,18)/t14-/m0/s1. The van der Waals surface area contributed by atoms with E-state index in [4.69, 9.17) is 0 Å². The van der Waals surface area contributed by atoms with E-state index in [2.05, 4.69) is 22.8 Å². The molecule has 1 aliphatic heterocycles. The monoisotopic (exact) mass is 308 g/mol. The van der Waals surface area contributed by atoms with Gasteiger partial charge in [0.05, 0.1) is 11.0 Å². The Hall–Kier alpha value is -1.56. The van der Waals surface area contributed by atoms with Crippen molar-refractivity contribution in [3.8, 4) is 0 Å². The van der Waals surface area contributed by atoms with Crippen LogP contribution in [0.2, 0.25) is 0 Å². The lowest BCUT2D eigenvalue weighted by atomic mass is 10.1. The van der Waals surface area contributed by atoms with Gasteiger partial charge in [-0.1, -0.05) is 24.3 Å². The average Bonchev–Trinajstić information content (AvgIpc) is 2.98. The summed E-state index contributed by atoms with van der Waals surface area (Å²) in [5.74, 6) is 0.249. The Kier molecular flexibility index (Phi) is 3.89. The molecule has 1 aromatic rings. The molecule has 2 amide bonds. The van der Waals surface area contributed by atoms with E-state index in [-0.39, 0.29) is 24.4 Å². The van der Waals surface area contributed by atoms with Crippen LogP contribution in [0.3, 0.4) is 0 Å². The SMILES string of the molecule is O=C(NC[C@@H]1CCCS1(=O)=O)NC1Cc2ccccc2C1. The molecule has 6 heteroatoms. The van der Waals surface area contributed by atoms with Gasteiger partial charge in [0, 0.05) is 12.6 Å². The summed E-state index contributed by atoms with van der Waals surface area (Å²) in [5.41, 5.74) is 2.56. The number of carbonyl (C=O) groups excluding carboxylic acids is 1. The fourth-order valence-electron chi connectivity index (χ4n) is 3.19. The molecule has 3 rings (SSSR count). The van der Waals surface area contributed by atoms with Crippen molar-refractivity contribution in [2.24, 2.45) is 0 Å². The second-order valence-corrected chi connectivity index (χ2v) is 8.26. The van der Waals surface area contributed by atoms with Gasteiger partial charge in [0.1, 0.15) is 0 Å². The molecule has 0 bridgehead atoms. The van der Waals surface area contributed by atoms with E-state index in [0.29, 0.717) is 12.8 Å². The van der Waals surface area contributed by atoms with Crippen molar-refractivity contribution >= 4 is 15.9 Å². The maximum Gasteiger partial charge on any atom is 0.315 e. The van der Waals surface area contributed by atoms with E-state index in [0.717, 1.165) is 12.8 Å². The molecule has 2 N–H and O–H groups in total. The lowest BCUT2D eigenvalue weighted by Crippen LogP contribution is -2.45. The molecule has 0 radical (unpaired) electrons. The molecule has 0 aromatic heterocycles. The van der Waals surface area contributed by atoms with Crippen molar-refractivity contribution in [2.75, 3.05) is 12.3 Å². The molecular weight excluding hydrogens is 288 g/mol. The van der Waals surface area contributed by atoms with Gasteiger partial charge >= 0.3 is 6.03 Å². The van der Waals surface area contributed by atoms with Crippen LogP contribution in [-0.2, 0) is 22.7 Å². The van der Waals surface area contributed by atoms with Crippen molar-refractivity contribution < 1.29 is 13.2 Å². The molecule has 1 saturated heterocycles. The van der Waals surface area contributed by atoms with Crippen LogP contribution in [-0.4, -0.2) is 38.0 Å². The van der Waals surface area contributed by atoms with Crippen LogP contribution in [0.1, 0.15) is 24.0 Å². The van der Waals surface area contributed by atoms with E-state index in [1.165, 1.54) is 11.1 Å². The first-order valence-corrected chi connectivity index (χ1v) is 9.09. The molecule has 0 spiro atoms. The number of urea groups is 1. The summed E-state index contributed by atoms with van der Waals surface area (Å²) in [4.78, 5) is 11.9. The third-order valence-corrected chi connectivity index (χ3v) is 6.62. The van der Waals surface area contributed by atoms with E-state index in [9.17, 15) is 13.2 Å². The number of sulfone groups is 1. The van der Waals surface area contributed by atoms with Crippen molar-refractivity contribution in [3.63, 3.8) is 0 Å². The van der Waals surface area contributed by atoms with Crippen LogP contribution in [0, 0.1) is 0 Å². The lowest BCUT2D eigenvalue weighted by Gasteiger charge is -2.15. The van der Waals surface area contributed by atoms with Gasteiger partial charge in [0.25, 0.3) is 0 Å². The second-order valence-electron chi connectivity index (χ2n) is 5.86. The Balaban J connectivity index is 1.48. The van der Waals surface area contributed by atoms with Crippen LogP contribution >= 0.6 is 0 Å². The smallest absolute Gasteiger partial charge is 0.315 e. The second kappa shape index (κ2) is 5.67. The van der Waals surface area contributed by atoms with Crippen LogP contribution < -0.4 is 10.6 Å². The molecule has 1 fully saturated rings. The maximum atomic E-state index is 11.9. The predicted octanol–water partition coefficient (Wildman–Crippen LogP) is 1.03. The number of hydrogen-bond acceptors (Lipinski definition) is 3. The number of carbonyl (C=O) groups is 1. The fraction of sp³-hybridized carbons (Fsp3) is 0.533. The summed E-state index contributed by atoms with van der Waals surface area (Å²) in [7, 11) is -3.00. The van der Waals surface area contributed by atoms with Gasteiger partial charge in [-0.2, -0.15) is 0 Å². The molecule has 1 heterocycles. The van der Waals surface area contributed by atoms with Gasteiger partial charge in [-0.15, -0.1) is 0 Å². The van der Waals surface area contributed by atoms with Crippen molar-refractivity contribution in [2.45, 2.75) is 37.0 Å². The molecule has 114 valence electrons. The molecule has 0 unspecified atom stereocenters. The highest BCUT2D eigenvalue weighted by Gasteiger charge is 2.31. The number of hydrogen-bond donors (Lipinski definition) is 2. The first-order valence-electron chi connectivity index (χ1n) is 7.37. The Morgan fingerprint density at radius 2 is 1.86 bits per heavy atom. The molecule has 1 atom stereocenters. The lowest BCUT2D eigenvalue weighted by molar-refractivity contribution is 0.237. The first-order chi connectivity index (χ1) is 10.0. The molecule has 1 aromatic carbocycles. The fourth-order valence-corrected chi connectivity index (χ4v) is 4.96. The molecule has 1 aliphatic carbocycles. The molecule has 2 aliphatic rings. The maximum absolute atomic E-state index is 11.9. The zero-order chi connectivity index (χ0) is 14.9. The third kappa shape index (κ3) is 3.20. The van der Waals surface area contributed by atoms with Crippen molar-refractivity contribution in [3.05, 3.63) is 35.4 Å². The summed E-state index contributed by atoms with van der Waals surface area (Å²) >= 11 is 0. The van der Waals surface area contributed by atoms with Gasteiger partial charge in [-0.3, -0.25) is 0 Å². The number of amides is 2. The van der Waals surface area contributed by atoms with E-state index in [1.54, 1.807) is 0 Å². The summed E-state index contributed by atoms with van der Waals surface area (Å²) in [6.07, 6.45) is 3.03. The van der Waals surface area contributed by atoms with E-state index >= 15 is 0 Å². The van der Waals surface area contributed by atoms with Crippen molar-refractivity contribution in [1.29, 1.82) is 0 Å². The number of benzene rings is 1. The van der Waals surface area contributed by atoms with Gasteiger partial charge in [-0.25, -0.2) is 13.2 Å². The molecule has 5 nitrogen and oxygen atoms in total. The van der Waals surface area contributed by atoms with Gasteiger partial charge in [0.2, 0.25) is 0 Å². The topological polar surface area (TPSA) is 75.3 Å². The Labute approximate surface area is 125 Å². The van der Waals surface area contributed by atoms with Gasteiger partial charge in [-0.05, 0) is 36.8 Å². The Morgan fingerprint density at radius 3 is 2.43 bits per heavy atom. The minimum absolute atomic E-state index is 0.0996. The van der Waals surface area contributed by atoms with Crippen molar-refractivity contribution in [1.82, 2.24) is 10.6 Å². The van der Waals surface area contributed by atoms with E-state index < -0.39 is 15.1 Å². The molecule has 0 saturated carbocycles. The third-order valence-electron chi connectivity index (χ3n) is 4.34. The minimum Gasteiger partial charge on any atom is -0.337 e. The van der Waals surface area contributed by atoms with Crippen LogP contribution in [0.4, 0.5) is 4.79 Å². The largest absolute Gasteiger partial charge is 0.337 e. The molecule has 21 heavy (non-hydrogen) atoms. The average molecular weight is 308 g/mol. The predicted molar refractivity (Wildman–Crippen MR) is 81.0 cm³/mol. The van der Waals surface area contributed by atoms with Crippen LogP contribution in [0.5, 0.6) is 0 Å². The van der Waals surface area contributed by atoms with Gasteiger partial charge < -0.3 is 10.6 Å². The minimum atomic E-state index is -3.00. The zero-order valence-electron chi connectivity index (χ0n) is 11.8. The van der Waals surface area contributed by atoms with Crippen LogP contribution in [0.15, 0.2) is 24.3 Å². The summed E-state index contributed by atoms with van der Waals surface area (Å²) in [6.45, 7) is 0.216. The highest BCUT2D eigenvalue weighted by Crippen LogP contribution is 2.21. The van der Waals surface area contributed by atoms with Gasteiger partial charge in [0.15, 0.2) is 9.84 Å². The Morgan fingerprint density at radius 1 is 1.19 bits per heavy atom. The quantitative estimate of drug-likeness (QED) is 0.876. The number of nitrogens with one attached hydrogen (secondary N) is 2. The van der Waals surface area contributed by atoms with Crippen LogP contribution in [0.25, 0.3) is 0 Å². The normalized spacial score (nSPS) is 23.7. The highest BCUT2D eigenvalue weighted by molar-refractivity contribution is 7.92. The first kappa shape index (κ1) is 14.4. The number of rotatable bonds is 3. The number of fused-ring (bicyclic) bond motifs is 1. The highest BCUT2D eigenvalue weighted by atomic mass is 32.2. The van der Waals surface area contributed by atoms with E-state index in [1.807, 2.05) is 12.1 Å². The molecular formula is C15H20N2O3S. The summed E-state index contributed by atoms with van der Waals surface area (Å²) in [5, 5.41) is 5.22.